The molecule has 1 atom stereocenters. The first-order valence-corrected chi connectivity index (χ1v) is 12.8. The van der Waals surface area contributed by atoms with Crippen LogP contribution < -0.4 is 15.2 Å². The zero-order valence-electron chi connectivity index (χ0n) is 20.8. The van der Waals surface area contributed by atoms with Gasteiger partial charge in [-0.3, -0.25) is 14.0 Å². The summed E-state index contributed by atoms with van der Waals surface area (Å²) in [5.74, 6) is 1.69. The van der Waals surface area contributed by atoms with Crippen LogP contribution in [0.5, 0.6) is 11.5 Å². The first-order valence-electron chi connectivity index (χ1n) is 12.8. The lowest BCUT2D eigenvalue weighted by molar-refractivity contribution is 0.210. The molecule has 2 aliphatic rings. The Morgan fingerprint density at radius 2 is 1.46 bits per heavy atom. The van der Waals surface area contributed by atoms with Crippen molar-refractivity contribution >= 4 is 0 Å². The highest BCUT2D eigenvalue weighted by Crippen LogP contribution is 2.25. The smallest absolute Gasteiger partial charge is 0.337 e. The van der Waals surface area contributed by atoms with Crippen LogP contribution in [0.15, 0.2) is 65.7 Å². The molecular weight excluding hydrogens is 440 g/mol. The third kappa shape index (κ3) is 5.63. The van der Waals surface area contributed by atoms with E-state index in [1.807, 2.05) is 48.5 Å². The Morgan fingerprint density at radius 1 is 0.857 bits per heavy atom. The SMILES string of the molecule is CN(C)C1CCN(CCOc2ccc(-n3ccn(-c4ccc(OC5CCCC5)cc4)c3=O)cc2)C1. The van der Waals surface area contributed by atoms with Gasteiger partial charge in [-0.1, -0.05) is 0 Å². The summed E-state index contributed by atoms with van der Waals surface area (Å²) in [5, 5.41) is 0. The average molecular weight is 477 g/mol. The van der Waals surface area contributed by atoms with Gasteiger partial charge in [0.15, 0.2) is 0 Å². The second kappa shape index (κ2) is 10.7. The number of benzene rings is 2. The summed E-state index contributed by atoms with van der Waals surface area (Å²) in [5.41, 5.74) is 1.54. The molecule has 0 radical (unpaired) electrons. The van der Waals surface area contributed by atoms with Gasteiger partial charge in [0.25, 0.3) is 0 Å². The van der Waals surface area contributed by atoms with Crippen molar-refractivity contribution in [3.05, 3.63) is 71.4 Å². The number of likely N-dealkylation sites (N-methyl/N-ethyl adjacent to an activating group) is 1. The number of hydrogen-bond acceptors (Lipinski definition) is 5. The fourth-order valence-corrected chi connectivity index (χ4v) is 5.09. The van der Waals surface area contributed by atoms with E-state index in [0.717, 1.165) is 55.3 Å². The van der Waals surface area contributed by atoms with E-state index in [-0.39, 0.29) is 5.69 Å². The predicted octanol–water partition coefficient (Wildman–Crippen LogP) is 3.96. The minimum atomic E-state index is -0.104. The van der Waals surface area contributed by atoms with Gasteiger partial charge in [-0.2, -0.15) is 0 Å². The number of ether oxygens (including phenoxy) is 2. The fourth-order valence-electron chi connectivity index (χ4n) is 5.09. The van der Waals surface area contributed by atoms with Crippen LogP contribution in [0.4, 0.5) is 0 Å². The van der Waals surface area contributed by atoms with Gasteiger partial charge >= 0.3 is 5.69 Å². The summed E-state index contributed by atoms with van der Waals surface area (Å²) in [4.78, 5) is 17.8. The Bertz CT molecular complexity index is 1140. The van der Waals surface area contributed by atoms with Crippen LogP contribution in [0.1, 0.15) is 32.1 Å². The highest BCUT2D eigenvalue weighted by Gasteiger charge is 2.23. The monoisotopic (exact) mass is 476 g/mol. The van der Waals surface area contributed by atoms with Crippen LogP contribution >= 0.6 is 0 Å². The summed E-state index contributed by atoms with van der Waals surface area (Å²) in [6, 6.07) is 16.1. The Kier molecular flexibility index (Phi) is 7.25. The number of aromatic nitrogens is 2. The number of likely N-dealkylation sites (tertiary alicyclic amines) is 1. The minimum absolute atomic E-state index is 0.104. The summed E-state index contributed by atoms with van der Waals surface area (Å²) in [6.45, 7) is 3.82. The molecule has 2 fully saturated rings. The van der Waals surface area contributed by atoms with Crippen molar-refractivity contribution in [3.8, 4) is 22.9 Å². The summed E-state index contributed by atoms with van der Waals surface area (Å²) in [6.07, 6.45) is 9.89. The number of imidazole rings is 1. The molecule has 2 heterocycles. The van der Waals surface area contributed by atoms with Crippen LogP contribution in [0.2, 0.25) is 0 Å². The molecule has 35 heavy (non-hydrogen) atoms. The maximum Gasteiger partial charge on any atom is 0.337 e. The lowest BCUT2D eigenvalue weighted by Crippen LogP contribution is -2.33. The van der Waals surface area contributed by atoms with Crippen LogP contribution in [0.25, 0.3) is 11.4 Å². The molecule has 1 aromatic heterocycles. The van der Waals surface area contributed by atoms with Gasteiger partial charge in [-0.15, -0.1) is 0 Å². The Labute approximate surface area is 207 Å². The summed E-state index contributed by atoms with van der Waals surface area (Å²) < 4.78 is 15.3. The van der Waals surface area contributed by atoms with E-state index in [1.165, 1.54) is 19.3 Å². The van der Waals surface area contributed by atoms with Gasteiger partial charge in [-0.05, 0) is 101 Å². The van der Waals surface area contributed by atoms with Crippen molar-refractivity contribution in [3.63, 3.8) is 0 Å². The average Bonchev–Trinajstić information content (AvgIpc) is 3.62. The van der Waals surface area contributed by atoms with E-state index < -0.39 is 0 Å². The molecule has 1 saturated heterocycles. The van der Waals surface area contributed by atoms with E-state index in [2.05, 4.69) is 23.9 Å². The van der Waals surface area contributed by atoms with Gasteiger partial charge in [0.05, 0.1) is 17.5 Å². The second-order valence-corrected chi connectivity index (χ2v) is 9.89. The second-order valence-electron chi connectivity index (χ2n) is 9.89. The lowest BCUT2D eigenvalue weighted by Gasteiger charge is -2.20. The topological polar surface area (TPSA) is 51.9 Å². The van der Waals surface area contributed by atoms with Gasteiger partial charge in [0.2, 0.25) is 0 Å². The lowest BCUT2D eigenvalue weighted by atomic mass is 10.2. The van der Waals surface area contributed by atoms with Crippen LogP contribution in [0, 0.1) is 0 Å². The maximum absolute atomic E-state index is 13.1. The molecule has 0 amide bonds. The zero-order valence-corrected chi connectivity index (χ0v) is 20.8. The van der Waals surface area contributed by atoms with E-state index in [1.54, 1.807) is 21.5 Å². The summed E-state index contributed by atoms with van der Waals surface area (Å²) in [7, 11) is 4.29. The molecule has 0 N–H and O–H groups in total. The Balaban J connectivity index is 1.17. The molecular formula is C28H36N4O3. The van der Waals surface area contributed by atoms with Crippen LogP contribution in [0.3, 0.4) is 0 Å². The molecule has 186 valence electrons. The van der Waals surface area contributed by atoms with E-state index in [4.69, 9.17) is 9.47 Å². The number of hydrogen-bond donors (Lipinski definition) is 0. The molecule has 3 aromatic rings. The van der Waals surface area contributed by atoms with Crippen LogP contribution in [-0.4, -0.2) is 71.4 Å². The maximum atomic E-state index is 13.1. The van der Waals surface area contributed by atoms with Crippen molar-refractivity contribution in [2.24, 2.45) is 0 Å². The standard InChI is InChI=1S/C28H36N4O3/c1-29(2)24-15-16-30(21-24)19-20-34-25-11-7-22(8-12-25)31-17-18-32(28(31)33)23-9-13-27(14-10-23)35-26-5-3-4-6-26/h7-14,17-18,24,26H,3-6,15-16,19-21H2,1-2H3. The molecule has 0 bridgehead atoms. The highest BCUT2D eigenvalue weighted by molar-refractivity contribution is 5.40. The molecule has 7 nitrogen and oxygen atoms in total. The normalized spacial score (nSPS) is 19.0. The Hall–Kier alpha value is -3.03. The zero-order chi connectivity index (χ0) is 24.2. The fraction of sp³-hybridized carbons (Fsp3) is 0.464. The van der Waals surface area contributed by atoms with Gasteiger partial charge in [0, 0.05) is 31.5 Å². The molecule has 2 aromatic carbocycles. The van der Waals surface area contributed by atoms with Crippen molar-refractivity contribution in [1.29, 1.82) is 0 Å². The highest BCUT2D eigenvalue weighted by atomic mass is 16.5. The van der Waals surface area contributed by atoms with Crippen molar-refractivity contribution in [2.45, 2.75) is 44.2 Å². The minimum Gasteiger partial charge on any atom is -0.492 e. The first-order chi connectivity index (χ1) is 17.1. The van der Waals surface area contributed by atoms with E-state index >= 15 is 0 Å². The van der Waals surface area contributed by atoms with Crippen molar-refractivity contribution < 1.29 is 9.47 Å². The largest absolute Gasteiger partial charge is 0.492 e. The first kappa shape index (κ1) is 23.7. The summed E-state index contributed by atoms with van der Waals surface area (Å²) >= 11 is 0. The van der Waals surface area contributed by atoms with Gasteiger partial charge in [0.1, 0.15) is 18.1 Å². The molecule has 1 saturated carbocycles. The van der Waals surface area contributed by atoms with E-state index in [9.17, 15) is 4.79 Å². The van der Waals surface area contributed by atoms with E-state index in [0.29, 0.717) is 18.8 Å². The Morgan fingerprint density at radius 3 is 2.03 bits per heavy atom. The van der Waals surface area contributed by atoms with Gasteiger partial charge in [-0.25, -0.2) is 4.79 Å². The van der Waals surface area contributed by atoms with Crippen molar-refractivity contribution in [1.82, 2.24) is 18.9 Å². The third-order valence-corrected chi connectivity index (χ3v) is 7.27. The molecule has 0 spiro atoms. The molecule has 1 aliphatic carbocycles. The quantitative estimate of drug-likeness (QED) is 0.468. The van der Waals surface area contributed by atoms with Crippen molar-refractivity contribution in [2.75, 3.05) is 40.3 Å². The predicted molar refractivity (Wildman–Crippen MR) is 138 cm³/mol. The van der Waals surface area contributed by atoms with Gasteiger partial charge < -0.3 is 14.4 Å². The third-order valence-electron chi connectivity index (χ3n) is 7.27. The number of rotatable bonds is 9. The molecule has 1 unspecified atom stereocenters. The number of nitrogens with zero attached hydrogens (tertiary/aromatic N) is 4. The van der Waals surface area contributed by atoms with Crippen LogP contribution in [-0.2, 0) is 0 Å². The molecule has 7 heteroatoms. The molecule has 1 aliphatic heterocycles. The molecule has 5 rings (SSSR count).